The number of nitrogens with zero attached hydrogens (tertiary/aromatic N) is 1. The Morgan fingerprint density at radius 1 is 1.13 bits per heavy atom. The molecule has 3 rings (SSSR count). The van der Waals surface area contributed by atoms with Crippen molar-refractivity contribution in [3.63, 3.8) is 0 Å². The molecule has 2 amide bonds. The molecule has 11 heteroatoms. The number of carbonyl (C=O) groups is 2. The lowest BCUT2D eigenvalue weighted by atomic mass is 9.95. The minimum absolute atomic E-state index is 0.0259. The van der Waals surface area contributed by atoms with Crippen molar-refractivity contribution in [2.45, 2.75) is 20.0 Å². The highest BCUT2D eigenvalue weighted by Gasteiger charge is 2.50. The van der Waals surface area contributed by atoms with Crippen LogP contribution in [0.15, 0.2) is 42.5 Å². The van der Waals surface area contributed by atoms with Gasteiger partial charge in [-0.15, -0.1) is 0 Å². The third-order valence-electron chi connectivity index (χ3n) is 4.48. The second-order valence-corrected chi connectivity index (χ2v) is 9.63. The number of anilines is 2. The summed E-state index contributed by atoms with van der Waals surface area (Å²) in [7, 11) is -3.98. The monoisotopic (exact) mass is 460 g/mol. The van der Waals surface area contributed by atoms with Crippen molar-refractivity contribution in [3.05, 3.63) is 58.6 Å². The van der Waals surface area contributed by atoms with E-state index in [1.54, 1.807) is 0 Å². The molecule has 0 unspecified atom stereocenters. The molecule has 0 aromatic heterocycles. The van der Waals surface area contributed by atoms with Crippen LogP contribution in [0.4, 0.5) is 24.5 Å². The minimum atomic E-state index is -4.50. The summed E-state index contributed by atoms with van der Waals surface area (Å²) >= 11 is 6.09. The molecule has 1 fully saturated rings. The molecule has 160 valence electrons. The van der Waals surface area contributed by atoms with Gasteiger partial charge in [0.25, 0.3) is 5.91 Å². The number of sulfonamides is 1. The Morgan fingerprint density at radius 2 is 1.73 bits per heavy atom. The van der Waals surface area contributed by atoms with Crippen LogP contribution in [-0.4, -0.2) is 26.0 Å². The van der Waals surface area contributed by atoms with Crippen molar-refractivity contribution in [1.82, 2.24) is 0 Å². The predicted octanol–water partition coefficient (Wildman–Crippen LogP) is 4.31. The summed E-state index contributed by atoms with van der Waals surface area (Å²) in [5.74, 6) is -1.79. The van der Waals surface area contributed by atoms with E-state index < -0.39 is 44.7 Å². The summed E-state index contributed by atoms with van der Waals surface area (Å²) in [6.07, 6.45) is -4.50. The number of alkyl halides is 3. The molecule has 1 aliphatic rings. The Kier molecular flexibility index (Phi) is 5.36. The van der Waals surface area contributed by atoms with E-state index in [4.69, 9.17) is 11.6 Å². The molecule has 0 atom stereocenters. The lowest BCUT2D eigenvalue weighted by Crippen LogP contribution is -2.33. The van der Waals surface area contributed by atoms with Crippen LogP contribution in [0.3, 0.4) is 0 Å². The zero-order valence-corrected chi connectivity index (χ0v) is 17.3. The Morgan fingerprint density at radius 3 is 2.23 bits per heavy atom. The zero-order chi connectivity index (χ0) is 22.5. The SMILES string of the molecule is CC1(C)CS(=O)(=O)N(c2cc(C(=O)Nc3ccc(C(F)(F)F)cc3)ccc2Cl)C1=O. The molecule has 1 heterocycles. The van der Waals surface area contributed by atoms with E-state index in [9.17, 15) is 31.2 Å². The van der Waals surface area contributed by atoms with Gasteiger partial charge in [0.1, 0.15) is 0 Å². The van der Waals surface area contributed by atoms with E-state index in [0.717, 1.165) is 30.3 Å². The Hall–Kier alpha value is -2.59. The van der Waals surface area contributed by atoms with Crippen LogP contribution in [0.5, 0.6) is 0 Å². The van der Waals surface area contributed by atoms with E-state index in [1.165, 1.54) is 26.0 Å². The normalized spacial score (nSPS) is 17.8. The van der Waals surface area contributed by atoms with Gasteiger partial charge in [0.05, 0.1) is 27.4 Å². The summed E-state index contributed by atoms with van der Waals surface area (Å²) in [6, 6.07) is 7.55. The number of amides is 2. The van der Waals surface area contributed by atoms with Crippen LogP contribution in [0.1, 0.15) is 29.8 Å². The molecule has 30 heavy (non-hydrogen) atoms. The first kappa shape index (κ1) is 22.1. The average molecular weight is 461 g/mol. The quantitative estimate of drug-likeness (QED) is 0.739. The first-order chi connectivity index (χ1) is 13.7. The molecule has 0 bridgehead atoms. The maximum Gasteiger partial charge on any atom is 0.416 e. The van der Waals surface area contributed by atoms with Gasteiger partial charge in [-0.2, -0.15) is 13.2 Å². The number of benzene rings is 2. The maximum absolute atomic E-state index is 12.6. The van der Waals surface area contributed by atoms with Gasteiger partial charge in [0.15, 0.2) is 0 Å². The fourth-order valence-electron chi connectivity index (χ4n) is 3.00. The van der Waals surface area contributed by atoms with Crippen LogP contribution in [0.2, 0.25) is 5.02 Å². The number of hydrogen-bond donors (Lipinski definition) is 1. The van der Waals surface area contributed by atoms with Gasteiger partial charge >= 0.3 is 6.18 Å². The molecule has 0 spiro atoms. The third-order valence-corrected chi connectivity index (χ3v) is 6.81. The smallest absolute Gasteiger partial charge is 0.322 e. The molecule has 6 nitrogen and oxygen atoms in total. The number of hydrogen-bond acceptors (Lipinski definition) is 4. The second kappa shape index (κ2) is 7.28. The zero-order valence-electron chi connectivity index (χ0n) is 15.7. The van der Waals surface area contributed by atoms with Crippen LogP contribution >= 0.6 is 11.6 Å². The topological polar surface area (TPSA) is 83.6 Å². The highest BCUT2D eigenvalue weighted by atomic mass is 35.5. The molecule has 1 N–H and O–H groups in total. The molecule has 0 saturated carbocycles. The molecule has 2 aromatic carbocycles. The van der Waals surface area contributed by atoms with E-state index in [2.05, 4.69) is 5.32 Å². The number of carbonyl (C=O) groups excluding carboxylic acids is 2. The first-order valence-electron chi connectivity index (χ1n) is 8.58. The van der Waals surface area contributed by atoms with Gasteiger partial charge in [-0.3, -0.25) is 9.59 Å². The number of rotatable bonds is 3. The third kappa shape index (κ3) is 4.15. The Labute approximate surface area is 175 Å². The maximum atomic E-state index is 12.6. The summed E-state index contributed by atoms with van der Waals surface area (Å²) in [5.41, 5.74) is -2.10. The van der Waals surface area contributed by atoms with Gasteiger partial charge < -0.3 is 5.32 Å². The van der Waals surface area contributed by atoms with Gasteiger partial charge in [-0.05, 0) is 56.3 Å². The van der Waals surface area contributed by atoms with Crippen molar-refractivity contribution in [3.8, 4) is 0 Å². The van der Waals surface area contributed by atoms with E-state index in [1.807, 2.05) is 0 Å². The van der Waals surface area contributed by atoms with Crippen molar-refractivity contribution in [1.29, 1.82) is 0 Å². The van der Waals surface area contributed by atoms with Crippen molar-refractivity contribution in [2.75, 3.05) is 15.4 Å². The first-order valence-corrected chi connectivity index (χ1v) is 10.6. The van der Waals surface area contributed by atoms with Crippen LogP contribution in [0, 0.1) is 5.41 Å². The molecule has 1 aliphatic heterocycles. The predicted molar refractivity (Wildman–Crippen MR) is 106 cm³/mol. The van der Waals surface area contributed by atoms with Gasteiger partial charge in [-0.25, -0.2) is 12.7 Å². The lowest BCUT2D eigenvalue weighted by Gasteiger charge is -2.19. The molecule has 1 saturated heterocycles. The largest absolute Gasteiger partial charge is 0.416 e. The number of halogens is 4. The van der Waals surface area contributed by atoms with E-state index in [-0.39, 0.29) is 22.0 Å². The van der Waals surface area contributed by atoms with Crippen molar-refractivity contribution >= 4 is 44.8 Å². The van der Waals surface area contributed by atoms with E-state index in [0.29, 0.717) is 4.31 Å². The summed E-state index contributed by atoms with van der Waals surface area (Å²) < 4.78 is 63.5. The Balaban J connectivity index is 1.90. The fourth-order valence-corrected chi connectivity index (χ4v) is 5.37. The molecule has 0 radical (unpaired) electrons. The van der Waals surface area contributed by atoms with Crippen LogP contribution < -0.4 is 9.62 Å². The standard InChI is InChI=1S/C19H16ClF3N2O4S/c1-18(2)10-30(28,29)25(17(18)27)15-9-11(3-8-14(15)20)16(26)24-13-6-4-12(5-7-13)19(21,22)23/h3-9H,10H2,1-2H3,(H,24,26). The minimum Gasteiger partial charge on any atom is -0.322 e. The Bertz CT molecular complexity index is 1130. The average Bonchev–Trinajstić information content (AvgIpc) is 2.78. The van der Waals surface area contributed by atoms with Gasteiger partial charge in [0, 0.05) is 11.3 Å². The molecular weight excluding hydrogens is 445 g/mol. The summed E-state index contributed by atoms with van der Waals surface area (Å²) in [5, 5.41) is 2.37. The van der Waals surface area contributed by atoms with Gasteiger partial charge in [-0.1, -0.05) is 11.6 Å². The summed E-state index contributed by atoms with van der Waals surface area (Å²) in [6.45, 7) is 2.98. The fraction of sp³-hybridized carbons (Fsp3) is 0.263. The highest BCUT2D eigenvalue weighted by Crippen LogP contribution is 2.39. The van der Waals surface area contributed by atoms with E-state index >= 15 is 0 Å². The molecular formula is C19H16ClF3N2O4S. The summed E-state index contributed by atoms with van der Waals surface area (Å²) in [4.78, 5) is 25.1. The van der Waals surface area contributed by atoms with Crippen molar-refractivity contribution < 1.29 is 31.2 Å². The second-order valence-electron chi connectivity index (χ2n) is 7.41. The van der Waals surface area contributed by atoms with Gasteiger partial charge in [0.2, 0.25) is 15.9 Å². The van der Waals surface area contributed by atoms with Crippen molar-refractivity contribution in [2.24, 2.45) is 5.41 Å². The van der Waals surface area contributed by atoms with Crippen LogP contribution in [-0.2, 0) is 21.0 Å². The highest BCUT2D eigenvalue weighted by molar-refractivity contribution is 7.94. The van der Waals surface area contributed by atoms with Crippen LogP contribution in [0.25, 0.3) is 0 Å². The number of nitrogens with one attached hydrogen (secondary N) is 1. The molecule has 0 aliphatic carbocycles. The molecule has 2 aromatic rings. The lowest BCUT2D eigenvalue weighted by molar-refractivity contribution is -0.137.